The largest absolute Gasteiger partial charge is 0.455 e. The van der Waals surface area contributed by atoms with Gasteiger partial charge in [0.25, 0.3) is 11.6 Å². The minimum atomic E-state index is -4.19. The molecule has 162 valence electrons. The summed E-state index contributed by atoms with van der Waals surface area (Å²) in [7, 11) is -1.02. The molecule has 2 N–H and O–H groups in total. The van der Waals surface area contributed by atoms with Crippen LogP contribution in [0.2, 0.25) is 0 Å². The lowest BCUT2D eigenvalue weighted by Gasteiger charge is -2.14. The van der Waals surface area contributed by atoms with Crippen LogP contribution < -0.4 is 14.9 Å². The molecule has 0 aliphatic rings. The van der Waals surface area contributed by atoms with E-state index in [1.165, 1.54) is 17.0 Å². The Balaban J connectivity index is 2.69. The van der Waals surface area contributed by atoms with E-state index in [9.17, 15) is 28.1 Å². The predicted molar refractivity (Wildman–Crippen MR) is 106 cm³/mol. The Kier molecular flexibility index (Phi) is 8.98. The molecule has 1 atom stereocenters. The summed E-state index contributed by atoms with van der Waals surface area (Å²) >= 11 is 0. The van der Waals surface area contributed by atoms with E-state index >= 15 is 0 Å². The number of benzene rings is 1. The zero-order valence-corrected chi connectivity index (χ0v) is 17.6. The van der Waals surface area contributed by atoms with Gasteiger partial charge in [0.2, 0.25) is 10.0 Å². The average Bonchev–Trinajstić information content (AvgIpc) is 2.64. The van der Waals surface area contributed by atoms with Crippen molar-refractivity contribution in [3.8, 4) is 0 Å². The number of amides is 1. The Morgan fingerprint density at radius 2 is 1.97 bits per heavy atom. The number of anilines is 1. The van der Waals surface area contributed by atoms with Crippen molar-refractivity contribution in [2.45, 2.75) is 37.6 Å². The minimum absolute atomic E-state index is 0.0642. The number of carbonyl (C=O) groups is 2. The first kappa shape index (κ1) is 24.3. The van der Waals surface area contributed by atoms with Gasteiger partial charge in [0.05, 0.1) is 9.82 Å². The molecule has 0 heterocycles. The number of nitrogens with zero attached hydrogens (tertiary/aromatic N) is 2. The number of hydrogen-bond donors (Lipinski definition) is 2. The number of hydrogen-bond acceptors (Lipinski definition) is 8. The van der Waals surface area contributed by atoms with Crippen LogP contribution in [0.25, 0.3) is 0 Å². The summed E-state index contributed by atoms with van der Waals surface area (Å²) in [4.78, 5) is 35.0. The molecular weight excluding hydrogens is 404 g/mol. The van der Waals surface area contributed by atoms with Crippen LogP contribution in [-0.2, 0) is 24.3 Å². The second kappa shape index (κ2) is 10.7. The monoisotopic (exact) mass is 430 g/mol. The van der Waals surface area contributed by atoms with E-state index in [1.807, 2.05) is 18.6 Å². The van der Waals surface area contributed by atoms with Gasteiger partial charge in [-0.25, -0.2) is 8.42 Å². The second-order valence-electron chi connectivity index (χ2n) is 6.54. The third kappa shape index (κ3) is 7.66. The lowest BCUT2D eigenvalue weighted by Crippen LogP contribution is -2.37. The fourth-order valence-corrected chi connectivity index (χ4v) is 3.44. The van der Waals surface area contributed by atoms with Crippen LogP contribution in [0.1, 0.15) is 26.7 Å². The zero-order valence-electron chi connectivity index (χ0n) is 16.8. The van der Waals surface area contributed by atoms with Crippen LogP contribution in [0.15, 0.2) is 23.1 Å². The Morgan fingerprint density at radius 3 is 2.52 bits per heavy atom. The number of sulfonamides is 1. The molecule has 0 saturated carbocycles. The first-order chi connectivity index (χ1) is 13.5. The maximum Gasteiger partial charge on any atom is 0.321 e. The van der Waals surface area contributed by atoms with E-state index in [0.29, 0.717) is 0 Å². The van der Waals surface area contributed by atoms with E-state index in [-0.39, 0.29) is 16.6 Å². The minimum Gasteiger partial charge on any atom is -0.455 e. The van der Waals surface area contributed by atoms with Crippen LogP contribution in [0, 0.1) is 10.1 Å². The van der Waals surface area contributed by atoms with Gasteiger partial charge in [-0.1, -0.05) is 13.3 Å². The Hall–Kier alpha value is -2.73. The SMILES string of the molecule is CCCC(C)NC(=O)COC(=O)CNS(=O)(=O)c1ccc(N(C)C)c([N+](=O)[O-])c1. The van der Waals surface area contributed by atoms with Gasteiger partial charge in [-0.05, 0) is 25.5 Å². The molecule has 29 heavy (non-hydrogen) atoms. The Labute approximate surface area is 169 Å². The fraction of sp³-hybridized carbons (Fsp3) is 0.529. The van der Waals surface area contributed by atoms with Crippen molar-refractivity contribution in [2.75, 3.05) is 32.1 Å². The number of nitro groups is 1. The number of carbonyl (C=O) groups excluding carboxylic acids is 2. The highest BCUT2D eigenvalue weighted by atomic mass is 32.2. The molecule has 1 amide bonds. The van der Waals surface area contributed by atoms with Gasteiger partial charge in [-0.3, -0.25) is 19.7 Å². The van der Waals surface area contributed by atoms with E-state index in [4.69, 9.17) is 4.74 Å². The van der Waals surface area contributed by atoms with Crippen molar-refractivity contribution in [2.24, 2.45) is 0 Å². The van der Waals surface area contributed by atoms with E-state index in [1.54, 1.807) is 14.1 Å². The third-order valence-electron chi connectivity index (χ3n) is 3.84. The smallest absolute Gasteiger partial charge is 0.321 e. The van der Waals surface area contributed by atoms with Gasteiger partial charge < -0.3 is 15.0 Å². The van der Waals surface area contributed by atoms with Crippen molar-refractivity contribution in [3.63, 3.8) is 0 Å². The number of nitro benzene ring substituents is 1. The van der Waals surface area contributed by atoms with E-state index in [0.717, 1.165) is 18.9 Å². The van der Waals surface area contributed by atoms with Gasteiger partial charge in [0.1, 0.15) is 12.2 Å². The molecule has 11 nitrogen and oxygen atoms in total. The molecule has 0 aliphatic heterocycles. The first-order valence-corrected chi connectivity index (χ1v) is 10.4. The van der Waals surface area contributed by atoms with Crippen molar-refractivity contribution in [1.82, 2.24) is 10.0 Å². The summed E-state index contributed by atoms with van der Waals surface area (Å²) in [5.74, 6) is -1.44. The highest BCUT2D eigenvalue weighted by molar-refractivity contribution is 7.89. The van der Waals surface area contributed by atoms with Crippen LogP contribution >= 0.6 is 0 Å². The van der Waals surface area contributed by atoms with Gasteiger partial charge in [0, 0.05) is 26.2 Å². The highest BCUT2D eigenvalue weighted by Crippen LogP contribution is 2.29. The fourth-order valence-electron chi connectivity index (χ4n) is 2.45. The Morgan fingerprint density at radius 1 is 1.31 bits per heavy atom. The normalized spacial score (nSPS) is 12.1. The zero-order chi connectivity index (χ0) is 22.2. The van der Waals surface area contributed by atoms with E-state index in [2.05, 4.69) is 5.32 Å². The summed E-state index contributed by atoms with van der Waals surface area (Å²) < 4.78 is 31.4. The van der Waals surface area contributed by atoms with Crippen molar-refractivity contribution >= 4 is 33.3 Å². The van der Waals surface area contributed by atoms with Gasteiger partial charge in [0.15, 0.2) is 6.61 Å². The highest BCUT2D eigenvalue weighted by Gasteiger charge is 2.23. The van der Waals surface area contributed by atoms with Crippen molar-refractivity contribution in [3.05, 3.63) is 28.3 Å². The molecule has 1 rings (SSSR count). The van der Waals surface area contributed by atoms with Crippen molar-refractivity contribution in [1.29, 1.82) is 0 Å². The van der Waals surface area contributed by atoms with Crippen LogP contribution in [0.5, 0.6) is 0 Å². The lowest BCUT2D eigenvalue weighted by molar-refractivity contribution is -0.384. The van der Waals surface area contributed by atoms with Gasteiger partial charge in [-0.2, -0.15) is 4.72 Å². The predicted octanol–water partition coefficient (Wildman–Crippen LogP) is 0.787. The number of esters is 1. The quantitative estimate of drug-likeness (QED) is 0.297. The van der Waals surface area contributed by atoms with Crippen molar-refractivity contribution < 1.29 is 27.7 Å². The second-order valence-corrected chi connectivity index (χ2v) is 8.31. The summed E-state index contributed by atoms with van der Waals surface area (Å²) in [5.41, 5.74) is -0.157. The maximum atomic E-state index is 12.3. The number of ether oxygens (including phenoxy) is 1. The molecule has 0 fully saturated rings. The molecule has 0 spiro atoms. The number of rotatable bonds is 11. The first-order valence-electron chi connectivity index (χ1n) is 8.88. The van der Waals surface area contributed by atoms with Gasteiger partial charge in [-0.15, -0.1) is 0 Å². The molecule has 1 aromatic rings. The van der Waals surface area contributed by atoms with Gasteiger partial charge >= 0.3 is 5.97 Å². The maximum absolute atomic E-state index is 12.3. The van der Waals surface area contributed by atoms with Crippen LogP contribution in [-0.4, -0.2) is 58.5 Å². The average molecular weight is 430 g/mol. The molecule has 0 aromatic heterocycles. The molecular formula is C17H26N4O7S. The summed E-state index contributed by atoms with van der Waals surface area (Å²) in [6.07, 6.45) is 1.66. The molecule has 12 heteroatoms. The molecule has 0 aliphatic carbocycles. The number of nitrogens with one attached hydrogen (secondary N) is 2. The molecule has 0 saturated heterocycles. The molecule has 0 radical (unpaired) electrons. The molecule has 0 bridgehead atoms. The molecule has 1 unspecified atom stereocenters. The Bertz CT molecular complexity index is 855. The summed E-state index contributed by atoms with van der Waals surface area (Å²) in [6, 6.07) is 3.34. The standard InChI is InChI=1S/C17H26N4O7S/c1-5-6-12(2)19-16(22)11-28-17(23)10-18-29(26,27)13-7-8-14(20(3)4)15(9-13)21(24)25/h7-9,12,18H,5-6,10-11H2,1-4H3,(H,19,22). The van der Waals surface area contributed by atoms with Crippen LogP contribution in [0.3, 0.4) is 0 Å². The topological polar surface area (TPSA) is 148 Å². The summed E-state index contributed by atoms with van der Waals surface area (Å²) in [6.45, 7) is 2.54. The molecule has 1 aromatic carbocycles. The van der Waals surface area contributed by atoms with Crippen LogP contribution in [0.4, 0.5) is 11.4 Å². The van der Waals surface area contributed by atoms with E-state index < -0.39 is 45.7 Å². The summed E-state index contributed by atoms with van der Waals surface area (Å²) in [5, 5.41) is 13.8. The third-order valence-corrected chi connectivity index (χ3v) is 5.23. The lowest BCUT2D eigenvalue weighted by atomic mass is 10.2.